The highest BCUT2D eigenvalue weighted by Gasteiger charge is 2.19. The average Bonchev–Trinajstić information content (AvgIpc) is 3.29. The van der Waals surface area contributed by atoms with E-state index in [-0.39, 0.29) is 17.5 Å². The van der Waals surface area contributed by atoms with Gasteiger partial charge in [-0.15, -0.1) is 0 Å². The number of halogens is 1. The van der Waals surface area contributed by atoms with Gasteiger partial charge >= 0.3 is 0 Å². The van der Waals surface area contributed by atoms with Crippen LogP contribution in [0.15, 0.2) is 42.9 Å². The summed E-state index contributed by atoms with van der Waals surface area (Å²) in [6.07, 6.45) is 6.82. The lowest BCUT2D eigenvalue weighted by atomic mass is 10.1. The Morgan fingerprint density at radius 2 is 1.97 bits per heavy atom. The molecule has 9 nitrogen and oxygen atoms in total. The predicted molar refractivity (Wildman–Crippen MR) is 121 cm³/mol. The molecule has 4 rings (SSSR count). The van der Waals surface area contributed by atoms with Gasteiger partial charge in [0.2, 0.25) is 5.95 Å². The van der Waals surface area contributed by atoms with E-state index in [2.05, 4.69) is 37.6 Å². The molecule has 170 valence electrons. The van der Waals surface area contributed by atoms with Gasteiger partial charge in [-0.05, 0) is 52.0 Å². The van der Waals surface area contributed by atoms with Crippen molar-refractivity contribution in [2.75, 3.05) is 25.5 Å². The van der Waals surface area contributed by atoms with E-state index in [0.717, 1.165) is 37.8 Å². The first-order valence-electron chi connectivity index (χ1n) is 10.8. The Hall–Kier alpha value is -3.84. The fourth-order valence-electron chi connectivity index (χ4n) is 3.71. The van der Waals surface area contributed by atoms with Gasteiger partial charge in [-0.3, -0.25) is 9.48 Å². The summed E-state index contributed by atoms with van der Waals surface area (Å²) in [6, 6.07) is 8.05. The zero-order chi connectivity index (χ0) is 23.4. The van der Waals surface area contributed by atoms with Crippen molar-refractivity contribution >= 4 is 17.5 Å². The van der Waals surface area contributed by atoms with Gasteiger partial charge in [-0.2, -0.15) is 10.4 Å². The normalized spacial score (nSPS) is 15.6. The minimum atomic E-state index is -0.603. The molecule has 2 aromatic heterocycles. The van der Waals surface area contributed by atoms with Gasteiger partial charge < -0.3 is 15.5 Å². The number of carbonyl (C=O) groups is 1. The molecule has 1 saturated heterocycles. The van der Waals surface area contributed by atoms with E-state index in [9.17, 15) is 9.18 Å². The van der Waals surface area contributed by atoms with Crippen LogP contribution in [0.2, 0.25) is 0 Å². The molecule has 2 N–H and O–H groups in total. The van der Waals surface area contributed by atoms with Crippen molar-refractivity contribution < 1.29 is 9.18 Å². The average molecular weight is 449 g/mol. The molecule has 10 heteroatoms. The second-order valence-electron chi connectivity index (χ2n) is 8.16. The van der Waals surface area contributed by atoms with Crippen LogP contribution in [0, 0.1) is 17.1 Å². The van der Waals surface area contributed by atoms with Crippen LogP contribution in [0.5, 0.6) is 0 Å². The van der Waals surface area contributed by atoms with E-state index in [1.165, 1.54) is 0 Å². The quantitative estimate of drug-likeness (QED) is 0.596. The molecule has 0 bridgehead atoms. The molecular weight excluding hydrogens is 423 g/mol. The number of aromatic nitrogens is 4. The van der Waals surface area contributed by atoms with Gasteiger partial charge in [0.25, 0.3) is 5.91 Å². The molecule has 1 amide bonds. The number of hydrogen-bond donors (Lipinski definition) is 2. The van der Waals surface area contributed by atoms with Crippen LogP contribution in [-0.4, -0.2) is 56.7 Å². The Balaban J connectivity index is 1.47. The van der Waals surface area contributed by atoms with Crippen molar-refractivity contribution in [3.8, 4) is 17.3 Å². The molecule has 0 radical (unpaired) electrons. The van der Waals surface area contributed by atoms with Crippen LogP contribution in [0.1, 0.15) is 36.2 Å². The first kappa shape index (κ1) is 22.4. The van der Waals surface area contributed by atoms with E-state index >= 15 is 0 Å². The number of piperidine rings is 1. The smallest absolute Gasteiger partial charge is 0.252 e. The number of rotatable bonds is 6. The Kier molecular flexibility index (Phi) is 6.60. The van der Waals surface area contributed by atoms with Crippen LogP contribution in [-0.2, 0) is 0 Å². The zero-order valence-corrected chi connectivity index (χ0v) is 18.5. The fourth-order valence-corrected chi connectivity index (χ4v) is 3.71. The van der Waals surface area contributed by atoms with Gasteiger partial charge in [0, 0.05) is 17.3 Å². The van der Waals surface area contributed by atoms with Crippen LogP contribution in [0.4, 0.5) is 16.0 Å². The predicted octanol–water partition coefficient (Wildman–Crippen LogP) is 3.13. The second-order valence-corrected chi connectivity index (χ2v) is 8.16. The molecular formula is C23H25FN8O. The minimum absolute atomic E-state index is 0.118. The Morgan fingerprint density at radius 1 is 1.24 bits per heavy atom. The minimum Gasteiger partial charge on any atom is -0.337 e. The highest BCUT2D eigenvalue weighted by atomic mass is 19.1. The standard InChI is InChI=1S/C23H25FN8O/c1-15(11-25)28-22(33)17-5-3-16(4-6-17)21-20(24)13-26-23(30-21)29-18-12-27-32(14-18)19-7-9-31(2)10-8-19/h3-6,12-15,19H,7-10H2,1-2H3,(H,28,33)(H,26,29,30)/t15-/m0/s1. The lowest BCUT2D eigenvalue weighted by Crippen LogP contribution is -2.31. The summed E-state index contributed by atoms with van der Waals surface area (Å²) in [5.74, 6) is -0.695. The molecule has 1 aliphatic rings. The topological polar surface area (TPSA) is 112 Å². The fraction of sp³-hybridized carbons (Fsp3) is 0.348. The van der Waals surface area contributed by atoms with Crippen molar-refractivity contribution in [2.45, 2.75) is 31.8 Å². The lowest BCUT2D eigenvalue weighted by Gasteiger charge is -2.28. The van der Waals surface area contributed by atoms with Gasteiger partial charge in [-0.1, -0.05) is 12.1 Å². The molecule has 1 atom stereocenters. The number of carbonyl (C=O) groups excluding carboxylic acids is 1. The van der Waals surface area contributed by atoms with Gasteiger partial charge in [0.05, 0.1) is 30.2 Å². The molecule has 1 aliphatic heterocycles. The summed E-state index contributed by atoms with van der Waals surface area (Å²) in [5, 5.41) is 18.9. The number of likely N-dealkylation sites (tertiary alicyclic amines) is 1. The van der Waals surface area contributed by atoms with E-state index < -0.39 is 11.9 Å². The maximum Gasteiger partial charge on any atom is 0.252 e. The summed E-state index contributed by atoms with van der Waals surface area (Å²) < 4.78 is 16.4. The summed E-state index contributed by atoms with van der Waals surface area (Å²) in [7, 11) is 2.12. The lowest BCUT2D eigenvalue weighted by molar-refractivity contribution is 0.0948. The SMILES string of the molecule is C[C@@H](C#N)NC(=O)c1ccc(-c2nc(Nc3cnn(C4CCN(C)CC4)c3)ncc2F)cc1. The van der Waals surface area contributed by atoms with Crippen LogP contribution >= 0.6 is 0 Å². The summed E-state index contributed by atoms with van der Waals surface area (Å²) >= 11 is 0. The van der Waals surface area contributed by atoms with E-state index in [1.807, 2.05) is 16.9 Å². The summed E-state index contributed by atoms with van der Waals surface area (Å²) in [4.78, 5) is 22.8. The maximum absolute atomic E-state index is 14.5. The number of anilines is 2. The summed E-state index contributed by atoms with van der Waals surface area (Å²) in [5.41, 5.74) is 1.72. The molecule has 0 aliphatic carbocycles. The number of nitrogens with one attached hydrogen (secondary N) is 2. The first-order chi connectivity index (χ1) is 15.9. The van der Waals surface area contributed by atoms with Gasteiger partial charge in [0.15, 0.2) is 5.82 Å². The van der Waals surface area contributed by atoms with E-state index in [0.29, 0.717) is 17.2 Å². The molecule has 1 fully saturated rings. The largest absolute Gasteiger partial charge is 0.337 e. The zero-order valence-electron chi connectivity index (χ0n) is 18.5. The van der Waals surface area contributed by atoms with E-state index in [4.69, 9.17) is 5.26 Å². The van der Waals surface area contributed by atoms with Crippen molar-refractivity contribution in [1.29, 1.82) is 5.26 Å². The van der Waals surface area contributed by atoms with Crippen molar-refractivity contribution in [1.82, 2.24) is 30.0 Å². The molecule has 0 saturated carbocycles. The number of nitriles is 1. The molecule has 3 heterocycles. The van der Waals surface area contributed by atoms with Crippen LogP contribution in [0.25, 0.3) is 11.3 Å². The molecule has 0 unspecified atom stereocenters. The molecule has 33 heavy (non-hydrogen) atoms. The number of amides is 1. The highest BCUT2D eigenvalue weighted by Crippen LogP contribution is 2.25. The second kappa shape index (κ2) is 9.75. The number of benzene rings is 1. The van der Waals surface area contributed by atoms with Crippen molar-refractivity contribution in [3.63, 3.8) is 0 Å². The van der Waals surface area contributed by atoms with E-state index in [1.54, 1.807) is 37.4 Å². The third kappa shape index (κ3) is 5.32. The highest BCUT2D eigenvalue weighted by molar-refractivity contribution is 5.95. The van der Waals surface area contributed by atoms with Crippen molar-refractivity contribution in [3.05, 3.63) is 54.2 Å². The summed E-state index contributed by atoms with van der Waals surface area (Å²) in [6.45, 7) is 3.67. The first-order valence-corrected chi connectivity index (χ1v) is 10.8. The monoisotopic (exact) mass is 448 g/mol. The maximum atomic E-state index is 14.5. The third-order valence-corrected chi connectivity index (χ3v) is 5.63. The van der Waals surface area contributed by atoms with Crippen LogP contribution < -0.4 is 10.6 Å². The van der Waals surface area contributed by atoms with Crippen LogP contribution in [0.3, 0.4) is 0 Å². The van der Waals surface area contributed by atoms with Crippen molar-refractivity contribution in [2.24, 2.45) is 0 Å². The molecule has 1 aromatic carbocycles. The number of nitrogens with zero attached hydrogens (tertiary/aromatic N) is 6. The Labute approximate surface area is 191 Å². The Bertz CT molecular complexity index is 1160. The molecule has 3 aromatic rings. The van der Waals surface area contributed by atoms with Gasteiger partial charge in [-0.25, -0.2) is 14.4 Å². The van der Waals surface area contributed by atoms with Gasteiger partial charge in [0.1, 0.15) is 11.7 Å². The molecule has 0 spiro atoms. The Morgan fingerprint density at radius 3 is 2.67 bits per heavy atom. The third-order valence-electron chi connectivity index (χ3n) is 5.63. The number of hydrogen-bond acceptors (Lipinski definition) is 7.